The zero-order valence-electron chi connectivity index (χ0n) is 16.2. The maximum atomic E-state index is 12.7. The number of benzene rings is 2. The molecular weight excluding hydrogens is 376 g/mol. The summed E-state index contributed by atoms with van der Waals surface area (Å²) in [5.41, 5.74) is 2.12. The third-order valence-electron chi connectivity index (χ3n) is 4.80. The Morgan fingerprint density at radius 1 is 0.964 bits per heavy atom. The van der Waals surface area contributed by atoms with Crippen molar-refractivity contribution in [3.63, 3.8) is 0 Å². The van der Waals surface area contributed by atoms with Crippen molar-refractivity contribution in [1.29, 1.82) is 0 Å². The van der Waals surface area contributed by atoms with Crippen LogP contribution in [0.5, 0.6) is 0 Å². The van der Waals surface area contributed by atoms with Crippen molar-refractivity contribution in [1.82, 2.24) is 14.5 Å². The van der Waals surface area contributed by atoms with Crippen LogP contribution in [0.25, 0.3) is 0 Å². The number of nitrogens with zero attached hydrogens (tertiary/aromatic N) is 3. The molecule has 0 saturated carbocycles. The smallest absolute Gasteiger partial charge is 0.317 e. The van der Waals surface area contributed by atoms with Gasteiger partial charge < -0.3 is 15.1 Å². The quantitative estimate of drug-likeness (QED) is 0.830. The predicted octanol–water partition coefficient (Wildman–Crippen LogP) is 1.97. The van der Waals surface area contributed by atoms with Crippen molar-refractivity contribution in [3.05, 3.63) is 60.2 Å². The van der Waals surface area contributed by atoms with Gasteiger partial charge in [0.2, 0.25) is 10.0 Å². The molecule has 0 spiro atoms. The summed E-state index contributed by atoms with van der Waals surface area (Å²) in [7, 11) is 0.455. The second-order valence-electron chi connectivity index (χ2n) is 6.92. The van der Waals surface area contributed by atoms with Crippen LogP contribution in [0.2, 0.25) is 0 Å². The molecule has 8 heteroatoms. The molecule has 0 bridgehead atoms. The number of carbonyl (C=O) groups is 1. The Morgan fingerprint density at radius 3 is 2.14 bits per heavy atom. The molecule has 2 aromatic rings. The number of amides is 2. The third kappa shape index (κ3) is 4.63. The Hall–Kier alpha value is -2.58. The van der Waals surface area contributed by atoms with Gasteiger partial charge >= 0.3 is 6.03 Å². The highest BCUT2D eigenvalue weighted by Gasteiger charge is 2.29. The van der Waals surface area contributed by atoms with E-state index in [1.54, 1.807) is 35.2 Å². The van der Waals surface area contributed by atoms with Crippen molar-refractivity contribution >= 4 is 21.7 Å². The molecule has 3 rings (SSSR count). The molecule has 28 heavy (non-hydrogen) atoms. The Balaban J connectivity index is 1.51. The van der Waals surface area contributed by atoms with E-state index in [2.05, 4.69) is 5.32 Å². The molecule has 0 radical (unpaired) electrons. The first-order valence-corrected chi connectivity index (χ1v) is 10.7. The lowest BCUT2D eigenvalue weighted by molar-refractivity contribution is 0.172. The zero-order chi connectivity index (χ0) is 20.1. The van der Waals surface area contributed by atoms with Gasteiger partial charge in [0, 0.05) is 52.5 Å². The summed E-state index contributed by atoms with van der Waals surface area (Å²) >= 11 is 0. The first kappa shape index (κ1) is 20.2. The minimum absolute atomic E-state index is 0.173. The van der Waals surface area contributed by atoms with Gasteiger partial charge in [0.05, 0.1) is 4.90 Å². The van der Waals surface area contributed by atoms with Crippen molar-refractivity contribution in [2.24, 2.45) is 0 Å². The van der Waals surface area contributed by atoms with Gasteiger partial charge in [-0.1, -0.05) is 30.3 Å². The predicted molar refractivity (Wildman–Crippen MR) is 110 cm³/mol. The number of sulfonamides is 1. The number of anilines is 1. The van der Waals surface area contributed by atoms with Crippen molar-refractivity contribution in [2.75, 3.05) is 45.2 Å². The summed E-state index contributed by atoms with van der Waals surface area (Å²) in [5, 5.41) is 2.91. The maximum Gasteiger partial charge on any atom is 0.317 e. The second-order valence-corrected chi connectivity index (χ2v) is 8.86. The van der Waals surface area contributed by atoms with Gasteiger partial charge in [-0.25, -0.2) is 13.2 Å². The minimum Gasteiger partial charge on any atom is -0.378 e. The number of hydrogen-bond donors (Lipinski definition) is 1. The molecule has 1 N–H and O–H groups in total. The van der Waals surface area contributed by atoms with E-state index in [0.29, 0.717) is 32.7 Å². The first-order valence-electron chi connectivity index (χ1n) is 9.22. The highest BCUT2D eigenvalue weighted by Crippen LogP contribution is 2.17. The number of carbonyl (C=O) groups excluding carboxylic acids is 1. The Labute approximate surface area is 166 Å². The summed E-state index contributed by atoms with van der Waals surface area (Å²) < 4.78 is 26.7. The van der Waals surface area contributed by atoms with E-state index in [0.717, 1.165) is 11.3 Å². The lowest BCUT2D eigenvalue weighted by Crippen LogP contribution is -2.52. The number of hydrogen-bond acceptors (Lipinski definition) is 4. The van der Waals surface area contributed by atoms with E-state index in [1.807, 2.05) is 43.3 Å². The van der Waals surface area contributed by atoms with Crippen LogP contribution in [-0.4, -0.2) is 63.9 Å². The molecule has 1 aliphatic rings. The lowest BCUT2D eigenvalue weighted by Gasteiger charge is -2.34. The lowest BCUT2D eigenvalue weighted by atomic mass is 10.2. The topological polar surface area (TPSA) is 73.0 Å². The number of piperazine rings is 1. The molecular formula is C20H26N4O3S. The average Bonchev–Trinajstić information content (AvgIpc) is 2.73. The van der Waals surface area contributed by atoms with Crippen LogP contribution in [0.15, 0.2) is 59.5 Å². The van der Waals surface area contributed by atoms with E-state index < -0.39 is 10.0 Å². The first-order chi connectivity index (χ1) is 13.4. The van der Waals surface area contributed by atoms with Crippen LogP contribution in [0.3, 0.4) is 0 Å². The molecule has 0 aromatic heterocycles. The molecule has 1 heterocycles. The third-order valence-corrected chi connectivity index (χ3v) is 6.72. The number of rotatable bonds is 5. The Morgan fingerprint density at radius 2 is 1.57 bits per heavy atom. The number of nitrogens with one attached hydrogen (secondary N) is 1. The van der Waals surface area contributed by atoms with Crippen LogP contribution < -0.4 is 10.2 Å². The fourth-order valence-electron chi connectivity index (χ4n) is 3.07. The van der Waals surface area contributed by atoms with Crippen LogP contribution in [0, 0.1) is 0 Å². The van der Waals surface area contributed by atoms with Crippen molar-refractivity contribution < 1.29 is 13.2 Å². The fraction of sp³-hybridized carbons (Fsp3) is 0.350. The van der Waals surface area contributed by atoms with Gasteiger partial charge in [-0.05, 0) is 29.8 Å². The van der Waals surface area contributed by atoms with Gasteiger partial charge in [-0.15, -0.1) is 0 Å². The van der Waals surface area contributed by atoms with Crippen LogP contribution in [0.4, 0.5) is 10.5 Å². The maximum absolute atomic E-state index is 12.7. The van der Waals surface area contributed by atoms with Gasteiger partial charge in [-0.3, -0.25) is 0 Å². The summed E-state index contributed by atoms with van der Waals surface area (Å²) in [6.07, 6.45) is 0. The van der Waals surface area contributed by atoms with Gasteiger partial charge in [0.15, 0.2) is 0 Å². The van der Waals surface area contributed by atoms with Crippen LogP contribution in [-0.2, 0) is 16.6 Å². The molecule has 2 amide bonds. The normalized spacial score (nSPS) is 15.3. The van der Waals surface area contributed by atoms with E-state index in [9.17, 15) is 13.2 Å². The van der Waals surface area contributed by atoms with Crippen LogP contribution >= 0.6 is 0 Å². The highest BCUT2D eigenvalue weighted by atomic mass is 32.2. The summed E-state index contributed by atoms with van der Waals surface area (Å²) in [6, 6.07) is 16.2. The molecule has 1 fully saturated rings. The second kappa shape index (κ2) is 8.62. The highest BCUT2D eigenvalue weighted by molar-refractivity contribution is 7.89. The average molecular weight is 403 g/mol. The van der Waals surface area contributed by atoms with E-state index >= 15 is 0 Å². The van der Waals surface area contributed by atoms with Gasteiger partial charge in [-0.2, -0.15) is 4.31 Å². The molecule has 0 atom stereocenters. The SMILES string of the molecule is CN(C)c1ccc(CNC(=O)N2CCN(S(=O)(=O)c3ccccc3)CC2)cc1. The largest absolute Gasteiger partial charge is 0.378 e. The molecule has 1 saturated heterocycles. The minimum atomic E-state index is -3.51. The molecule has 1 aliphatic heterocycles. The molecule has 0 unspecified atom stereocenters. The monoisotopic (exact) mass is 402 g/mol. The zero-order valence-corrected chi connectivity index (χ0v) is 17.0. The van der Waals surface area contributed by atoms with Crippen molar-refractivity contribution in [2.45, 2.75) is 11.4 Å². The molecule has 7 nitrogen and oxygen atoms in total. The standard InChI is InChI=1S/C20H26N4O3S/c1-22(2)18-10-8-17(9-11-18)16-21-20(25)23-12-14-24(15-13-23)28(26,27)19-6-4-3-5-7-19/h3-11H,12-16H2,1-2H3,(H,21,25). The van der Waals surface area contributed by atoms with E-state index in [1.165, 1.54) is 4.31 Å². The summed E-state index contributed by atoms with van der Waals surface area (Å²) in [4.78, 5) is 16.4. The van der Waals surface area contributed by atoms with E-state index in [4.69, 9.17) is 0 Å². The Kier molecular flexibility index (Phi) is 6.21. The molecule has 2 aromatic carbocycles. The molecule has 0 aliphatic carbocycles. The molecule has 150 valence electrons. The van der Waals surface area contributed by atoms with Gasteiger partial charge in [0.1, 0.15) is 0 Å². The summed E-state index contributed by atoms with van der Waals surface area (Å²) in [5.74, 6) is 0. The van der Waals surface area contributed by atoms with Crippen molar-refractivity contribution in [3.8, 4) is 0 Å². The van der Waals surface area contributed by atoms with Crippen LogP contribution in [0.1, 0.15) is 5.56 Å². The Bertz CT molecular complexity index is 891. The van der Waals surface area contributed by atoms with Gasteiger partial charge in [0.25, 0.3) is 0 Å². The number of urea groups is 1. The summed E-state index contributed by atoms with van der Waals surface area (Å²) in [6.45, 7) is 1.77. The van der Waals surface area contributed by atoms with E-state index in [-0.39, 0.29) is 10.9 Å². The fourth-order valence-corrected chi connectivity index (χ4v) is 4.52.